The van der Waals surface area contributed by atoms with Crippen LogP contribution < -0.4 is 0 Å². The van der Waals surface area contributed by atoms with Crippen LogP contribution >= 0.6 is 0 Å². The van der Waals surface area contributed by atoms with Gasteiger partial charge < -0.3 is 9.47 Å². The van der Waals surface area contributed by atoms with Crippen molar-refractivity contribution in [3.05, 3.63) is 30.2 Å². The second kappa shape index (κ2) is 3.81. The maximum Gasteiger partial charge on any atom is 0.103 e. The van der Waals surface area contributed by atoms with Crippen molar-refractivity contribution >= 4 is 5.57 Å². The predicted molar refractivity (Wildman–Crippen MR) is 52.7 cm³/mol. The summed E-state index contributed by atoms with van der Waals surface area (Å²) in [6.07, 6.45) is 3.74. The molecule has 0 amide bonds. The Morgan fingerprint density at radius 1 is 1.62 bits per heavy atom. The average Bonchev–Trinajstić information content (AvgIpc) is 2.47. The quantitative estimate of drug-likeness (QED) is 0.637. The van der Waals surface area contributed by atoms with Gasteiger partial charge in [0.25, 0.3) is 0 Å². The first-order valence-electron chi connectivity index (χ1n) is 4.05. The van der Waals surface area contributed by atoms with Crippen LogP contribution in [0.25, 0.3) is 5.57 Å². The summed E-state index contributed by atoms with van der Waals surface area (Å²) >= 11 is 0. The summed E-state index contributed by atoms with van der Waals surface area (Å²) in [6, 6.07) is 6.03. The van der Waals surface area contributed by atoms with E-state index in [0.717, 1.165) is 5.69 Å². The lowest BCUT2D eigenvalue weighted by atomic mass is 10.2. The molecule has 0 atom stereocenters. The molecule has 0 radical (unpaired) electrons. The summed E-state index contributed by atoms with van der Waals surface area (Å²) in [5.41, 5.74) is 1.62. The Balaban J connectivity index is 3.07. The van der Waals surface area contributed by atoms with Crippen molar-refractivity contribution in [2.24, 2.45) is 7.05 Å². The second-order valence-electron chi connectivity index (χ2n) is 3.12. The van der Waals surface area contributed by atoms with E-state index in [1.54, 1.807) is 0 Å². The van der Waals surface area contributed by atoms with Crippen LogP contribution in [0.15, 0.2) is 24.5 Å². The van der Waals surface area contributed by atoms with Gasteiger partial charge >= 0.3 is 0 Å². The maximum absolute atomic E-state index is 8.91. The van der Waals surface area contributed by atoms with Crippen molar-refractivity contribution in [1.29, 1.82) is 5.26 Å². The van der Waals surface area contributed by atoms with E-state index >= 15 is 0 Å². The Hall–Kier alpha value is -1.69. The van der Waals surface area contributed by atoms with E-state index in [9.17, 15) is 0 Å². The van der Waals surface area contributed by atoms with Crippen molar-refractivity contribution in [2.45, 2.75) is 0 Å². The van der Waals surface area contributed by atoms with Gasteiger partial charge in [-0.2, -0.15) is 5.26 Å². The molecule has 1 heterocycles. The molecule has 0 unspecified atom stereocenters. The molecule has 0 spiro atoms. The number of nitrogens with zero attached hydrogens (tertiary/aromatic N) is 3. The highest BCUT2D eigenvalue weighted by atomic mass is 15.0. The lowest BCUT2D eigenvalue weighted by Gasteiger charge is -2.07. The second-order valence-corrected chi connectivity index (χ2v) is 3.12. The van der Waals surface area contributed by atoms with E-state index in [4.69, 9.17) is 5.26 Å². The Labute approximate surface area is 78.5 Å². The van der Waals surface area contributed by atoms with Crippen LogP contribution in [-0.4, -0.2) is 23.6 Å². The number of hydrogen-bond acceptors (Lipinski definition) is 2. The molecule has 68 valence electrons. The first-order chi connectivity index (χ1) is 6.15. The van der Waals surface area contributed by atoms with Gasteiger partial charge in [0.05, 0.1) is 11.3 Å². The molecule has 3 nitrogen and oxygen atoms in total. The molecule has 1 rings (SSSR count). The van der Waals surface area contributed by atoms with Crippen molar-refractivity contribution < 1.29 is 0 Å². The normalized spacial score (nSPS) is 11.1. The van der Waals surface area contributed by atoms with Gasteiger partial charge in [-0.1, -0.05) is 0 Å². The molecular weight excluding hydrogens is 162 g/mol. The number of aryl methyl sites for hydroxylation is 1. The van der Waals surface area contributed by atoms with E-state index in [0.29, 0.717) is 5.57 Å². The zero-order valence-electron chi connectivity index (χ0n) is 8.15. The molecule has 0 saturated heterocycles. The minimum atomic E-state index is 0.678. The maximum atomic E-state index is 8.91. The zero-order chi connectivity index (χ0) is 9.84. The van der Waals surface area contributed by atoms with E-state index in [1.807, 2.05) is 55.1 Å². The third-order valence-corrected chi connectivity index (χ3v) is 1.73. The van der Waals surface area contributed by atoms with Gasteiger partial charge in [0, 0.05) is 33.5 Å². The van der Waals surface area contributed by atoms with Crippen molar-refractivity contribution in [2.75, 3.05) is 14.1 Å². The van der Waals surface area contributed by atoms with Crippen LogP contribution in [0.5, 0.6) is 0 Å². The Morgan fingerprint density at radius 2 is 2.31 bits per heavy atom. The fraction of sp³-hybridized carbons (Fsp3) is 0.300. The lowest BCUT2D eigenvalue weighted by Crippen LogP contribution is -2.03. The predicted octanol–water partition coefficient (Wildman–Crippen LogP) is 1.45. The van der Waals surface area contributed by atoms with Gasteiger partial charge in [-0.25, -0.2) is 0 Å². The van der Waals surface area contributed by atoms with E-state index in [-0.39, 0.29) is 0 Å². The van der Waals surface area contributed by atoms with Crippen LogP contribution in [0.1, 0.15) is 5.69 Å². The van der Waals surface area contributed by atoms with E-state index in [2.05, 4.69) is 6.07 Å². The molecule has 1 aromatic heterocycles. The summed E-state index contributed by atoms with van der Waals surface area (Å²) in [5.74, 6) is 0. The molecule has 0 fully saturated rings. The number of rotatable bonds is 2. The number of nitriles is 1. The van der Waals surface area contributed by atoms with Gasteiger partial charge in [0.2, 0.25) is 0 Å². The van der Waals surface area contributed by atoms with Gasteiger partial charge in [-0.15, -0.1) is 0 Å². The Morgan fingerprint density at radius 3 is 2.69 bits per heavy atom. The molecule has 0 aliphatic rings. The summed E-state index contributed by atoms with van der Waals surface area (Å²) in [4.78, 5) is 1.87. The first kappa shape index (κ1) is 9.40. The molecule has 0 aliphatic heterocycles. The molecule has 3 heteroatoms. The summed E-state index contributed by atoms with van der Waals surface area (Å²) in [6.45, 7) is 0. The van der Waals surface area contributed by atoms with Crippen molar-refractivity contribution in [1.82, 2.24) is 9.47 Å². The fourth-order valence-electron chi connectivity index (χ4n) is 1.15. The third kappa shape index (κ3) is 2.12. The van der Waals surface area contributed by atoms with Crippen LogP contribution in [0.4, 0.5) is 0 Å². The fourth-order valence-corrected chi connectivity index (χ4v) is 1.15. The van der Waals surface area contributed by atoms with E-state index < -0.39 is 0 Å². The third-order valence-electron chi connectivity index (χ3n) is 1.73. The van der Waals surface area contributed by atoms with Gasteiger partial charge in [0.15, 0.2) is 0 Å². The summed E-state index contributed by atoms with van der Waals surface area (Å²) in [7, 11) is 5.73. The van der Waals surface area contributed by atoms with Gasteiger partial charge in [-0.05, 0) is 12.1 Å². The monoisotopic (exact) mass is 175 g/mol. The smallest absolute Gasteiger partial charge is 0.103 e. The Bertz CT molecular complexity index is 352. The molecule has 0 saturated carbocycles. The highest BCUT2D eigenvalue weighted by molar-refractivity contribution is 5.74. The highest BCUT2D eigenvalue weighted by Crippen LogP contribution is 2.13. The van der Waals surface area contributed by atoms with Crippen LogP contribution in [0, 0.1) is 11.3 Å². The molecule has 13 heavy (non-hydrogen) atoms. The molecule has 0 aliphatic carbocycles. The first-order valence-corrected chi connectivity index (χ1v) is 4.05. The Kier molecular flexibility index (Phi) is 2.76. The largest absolute Gasteiger partial charge is 0.382 e. The van der Waals surface area contributed by atoms with Crippen LogP contribution in [0.3, 0.4) is 0 Å². The molecular formula is C10H13N3. The number of hydrogen-bond donors (Lipinski definition) is 0. The number of allylic oxidation sites excluding steroid dienone is 1. The van der Waals surface area contributed by atoms with Gasteiger partial charge in [0.1, 0.15) is 6.07 Å². The summed E-state index contributed by atoms with van der Waals surface area (Å²) < 4.78 is 1.93. The molecule has 0 N–H and O–H groups in total. The average molecular weight is 175 g/mol. The van der Waals surface area contributed by atoms with Gasteiger partial charge in [-0.3, -0.25) is 0 Å². The van der Waals surface area contributed by atoms with Crippen LogP contribution in [-0.2, 0) is 7.05 Å². The molecule has 0 bridgehead atoms. The minimum absolute atomic E-state index is 0.678. The van der Waals surface area contributed by atoms with Crippen molar-refractivity contribution in [3.63, 3.8) is 0 Å². The highest BCUT2D eigenvalue weighted by Gasteiger charge is 2.03. The zero-order valence-corrected chi connectivity index (χ0v) is 8.15. The SMILES string of the molecule is CN(C)C=C(C#N)c1cccn1C. The van der Waals surface area contributed by atoms with E-state index in [1.165, 1.54) is 0 Å². The summed E-state index contributed by atoms with van der Waals surface area (Å²) in [5, 5.41) is 8.91. The van der Waals surface area contributed by atoms with Crippen LogP contribution in [0.2, 0.25) is 0 Å². The standard InChI is InChI=1S/C10H13N3/c1-12(2)8-9(7-11)10-5-4-6-13(10)3/h4-6,8H,1-3H3. The topological polar surface area (TPSA) is 32.0 Å². The number of aromatic nitrogens is 1. The lowest BCUT2D eigenvalue weighted by molar-refractivity contribution is 0.565. The molecule has 1 aromatic rings. The minimum Gasteiger partial charge on any atom is -0.382 e. The van der Waals surface area contributed by atoms with Crippen molar-refractivity contribution in [3.8, 4) is 6.07 Å². The molecule has 0 aromatic carbocycles.